The summed E-state index contributed by atoms with van der Waals surface area (Å²) in [4.78, 5) is 25.0. The number of hydrogen-bond donors (Lipinski definition) is 2. The van der Waals surface area contributed by atoms with Crippen LogP contribution in [0.4, 0.5) is 5.69 Å². The Morgan fingerprint density at radius 1 is 0.778 bits per heavy atom. The molecule has 0 aliphatic rings. The lowest BCUT2D eigenvalue weighted by molar-refractivity contribution is -0.136. The zero-order valence-electron chi connectivity index (χ0n) is 14.8. The van der Waals surface area contributed by atoms with Crippen molar-refractivity contribution in [3.63, 3.8) is 0 Å². The topological polar surface area (TPSA) is 58.2 Å². The van der Waals surface area contributed by atoms with E-state index in [-0.39, 0.29) is 0 Å². The Bertz CT molecular complexity index is 904. The highest BCUT2D eigenvalue weighted by atomic mass is 35.5. The molecule has 0 saturated heterocycles. The molecule has 0 saturated carbocycles. The van der Waals surface area contributed by atoms with Crippen LogP contribution < -0.4 is 10.6 Å². The van der Waals surface area contributed by atoms with E-state index in [4.69, 9.17) is 11.6 Å². The second-order valence-corrected chi connectivity index (χ2v) is 6.50. The van der Waals surface area contributed by atoms with Crippen LogP contribution in [0.3, 0.4) is 0 Å². The van der Waals surface area contributed by atoms with Gasteiger partial charge >= 0.3 is 11.8 Å². The van der Waals surface area contributed by atoms with E-state index < -0.39 is 17.9 Å². The summed E-state index contributed by atoms with van der Waals surface area (Å²) >= 11 is 6.07. The van der Waals surface area contributed by atoms with Gasteiger partial charge in [0.25, 0.3) is 0 Å². The van der Waals surface area contributed by atoms with Crippen molar-refractivity contribution in [1.29, 1.82) is 0 Å². The first kappa shape index (κ1) is 18.7. The van der Waals surface area contributed by atoms with Gasteiger partial charge in [0.05, 0.1) is 6.04 Å². The van der Waals surface area contributed by atoms with Crippen molar-refractivity contribution in [2.24, 2.45) is 0 Å². The molecule has 2 amide bonds. The molecule has 0 heterocycles. The van der Waals surface area contributed by atoms with Crippen LogP contribution in [0.25, 0.3) is 0 Å². The van der Waals surface area contributed by atoms with E-state index in [1.54, 1.807) is 25.1 Å². The highest BCUT2D eigenvalue weighted by molar-refractivity contribution is 6.40. The van der Waals surface area contributed by atoms with E-state index in [2.05, 4.69) is 10.6 Å². The summed E-state index contributed by atoms with van der Waals surface area (Å²) < 4.78 is 0. The highest BCUT2D eigenvalue weighted by Gasteiger charge is 2.22. The minimum atomic E-state index is -0.739. The van der Waals surface area contributed by atoms with Crippen LogP contribution in [-0.4, -0.2) is 11.8 Å². The van der Waals surface area contributed by atoms with Crippen molar-refractivity contribution in [3.8, 4) is 0 Å². The average molecular weight is 379 g/mol. The predicted octanol–water partition coefficient (Wildman–Crippen LogP) is 4.49. The van der Waals surface area contributed by atoms with Gasteiger partial charge in [0, 0.05) is 10.7 Å². The number of rotatable bonds is 4. The van der Waals surface area contributed by atoms with Crippen molar-refractivity contribution >= 4 is 29.1 Å². The fourth-order valence-electron chi connectivity index (χ4n) is 2.77. The molecule has 0 aliphatic heterocycles. The fraction of sp³-hybridized carbons (Fsp3) is 0.0909. The number of carbonyl (C=O) groups excluding carboxylic acids is 2. The van der Waals surface area contributed by atoms with Crippen molar-refractivity contribution in [2.75, 3.05) is 5.32 Å². The quantitative estimate of drug-likeness (QED) is 0.657. The number of anilines is 1. The Morgan fingerprint density at radius 2 is 1.33 bits per heavy atom. The van der Waals surface area contributed by atoms with Gasteiger partial charge in [0.2, 0.25) is 0 Å². The van der Waals surface area contributed by atoms with Crippen LogP contribution >= 0.6 is 11.6 Å². The number of benzene rings is 3. The maximum absolute atomic E-state index is 12.5. The van der Waals surface area contributed by atoms with Crippen molar-refractivity contribution < 1.29 is 9.59 Å². The predicted molar refractivity (Wildman–Crippen MR) is 108 cm³/mol. The lowest BCUT2D eigenvalue weighted by Crippen LogP contribution is -2.38. The van der Waals surface area contributed by atoms with Gasteiger partial charge in [0.1, 0.15) is 0 Å². The zero-order chi connectivity index (χ0) is 19.2. The van der Waals surface area contributed by atoms with E-state index in [0.717, 1.165) is 11.1 Å². The monoisotopic (exact) mass is 378 g/mol. The molecule has 3 rings (SSSR count). The van der Waals surface area contributed by atoms with E-state index in [1.165, 1.54) is 0 Å². The van der Waals surface area contributed by atoms with E-state index in [9.17, 15) is 9.59 Å². The molecule has 5 heteroatoms. The first-order chi connectivity index (χ1) is 13.1. The summed E-state index contributed by atoms with van der Waals surface area (Å²) in [7, 11) is 0. The van der Waals surface area contributed by atoms with Crippen LogP contribution in [0.15, 0.2) is 78.9 Å². The summed E-state index contributed by atoms with van der Waals surface area (Å²) in [6.07, 6.45) is 0. The Hall–Kier alpha value is -3.11. The van der Waals surface area contributed by atoms with Crippen LogP contribution in [0.5, 0.6) is 0 Å². The average Bonchev–Trinajstić information content (AvgIpc) is 2.70. The molecular formula is C22H19ClN2O2. The molecule has 4 nitrogen and oxygen atoms in total. The number of hydrogen-bond acceptors (Lipinski definition) is 2. The molecule has 136 valence electrons. The van der Waals surface area contributed by atoms with Gasteiger partial charge in [-0.25, -0.2) is 0 Å². The lowest BCUT2D eigenvalue weighted by atomic mass is 9.98. The Balaban J connectivity index is 1.80. The zero-order valence-corrected chi connectivity index (χ0v) is 15.5. The van der Waals surface area contributed by atoms with E-state index in [0.29, 0.717) is 16.3 Å². The highest BCUT2D eigenvalue weighted by Crippen LogP contribution is 2.24. The first-order valence-corrected chi connectivity index (χ1v) is 8.91. The van der Waals surface area contributed by atoms with Crippen LogP contribution in [0.2, 0.25) is 5.02 Å². The molecule has 2 N–H and O–H groups in total. The molecule has 0 bridgehead atoms. The molecule has 0 spiro atoms. The Labute approximate surface area is 163 Å². The van der Waals surface area contributed by atoms with Crippen LogP contribution in [0.1, 0.15) is 22.7 Å². The summed E-state index contributed by atoms with van der Waals surface area (Å²) in [6.45, 7) is 1.78. The summed E-state index contributed by atoms with van der Waals surface area (Å²) in [5, 5.41) is 5.97. The maximum atomic E-state index is 12.5. The normalized spacial score (nSPS) is 10.5. The Kier molecular flexibility index (Phi) is 5.89. The van der Waals surface area contributed by atoms with E-state index >= 15 is 0 Å². The lowest BCUT2D eigenvalue weighted by Gasteiger charge is -2.20. The molecule has 0 atom stereocenters. The molecule has 0 fully saturated rings. The molecular weight excluding hydrogens is 360 g/mol. The molecule has 0 aromatic heterocycles. The van der Waals surface area contributed by atoms with Gasteiger partial charge in [-0.05, 0) is 35.7 Å². The van der Waals surface area contributed by atoms with Gasteiger partial charge in [-0.15, -0.1) is 0 Å². The molecule has 27 heavy (non-hydrogen) atoms. The summed E-state index contributed by atoms with van der Waals surface area (Å²) in [5.41, 5.74) is 3.01. The van der Waals surface area contributed by atoms with Crippen LogP contribution in [0, 0.1) is 6.92 Å². The third-order valence-electron chi connectivity index (χ3n) is 4.26. The second-order valence-electron chi connectivity index (χ2n) is 6.09. The largest absolute Gasteiger partial charge is 0.337 e. The molecule has 0 aliphatic carbocycles. The minimum absolute atomic E-state index is 0.425. The van der Waals surface area contributed by atoms with E-state index in [1.807, 2.05) is 60.7 Å². The number of halogens is 1. The van der Waals surface area contributed by atoms with Crippen molar-refractivity contribution in [3.05, 3.63) is 101 Å². The molecule has 0 radical (unpaired) electrons. The third kappa shape index (κ3) is 4.54. The van der Waals surface area contributed by atoms with Crippen molar-refractivity contribution in [2.45, 2.75) is 13.0 Å². The van der Waals surface area contributed by atoms with Crippen LogP contribution in [-0.2, 0) is 9.59 Å². The first-order valence-electron chi connectivity index (χ1n) is 8.53. The maximum Gasteiger partial charge on any atom is 0.313 e. The second kappa shape index (κ2) is 8.52. The Morgan fingerprint density at radius 3 is 1.89 bits per heavy atom. The van der Waals surface area contributed by atoms with Gasteiger partial charge < -0.3 is 10.6 Å². The SMILES string of the molecule is Cc1c(Cl)cccc1NC(=O)C(=O)NC(c1ccccc1)c1ccccc1. The third-order valence-corrected chi connectivity index (χ3v) is 4.67. The number of carbonyl (C=O) groups is 2. The summed E-state index contributed by atoms with van der Waals surface area (Å²) in [6, 6.07) is 23.8. The number of nitrogens with one attached hydrogen (secondary N) is 2. The van der Waals surface area contributed by atoms with Gasteiger partial charge in [-0.3, -0.25) is 9.59 Å². The molecule has 0 unspecified atom stereocenters. The van der Waals surface area contributed by atoms with Gasteiger partial charge in [-0.2, -0.15) is 0 Å². The standard InChI is InChI=1S/C22H19ClN2O2/c1-15-18(23)13-8-14-19(15)24-21(26)22(27)25-20(16-9-4-2-5-10-16)17-11-6-3-7-12-17/h2-14,20H,1H3,(H,24,26)(H,25,27). The number of amides is 2. The molecule has 3 aromatic rings. The van der Waals surface area contributed by atoms with Crippen molar-refractivity contribution in [1.82, 2.24) is 5.32 Å². The van der Waals surface area contributed by atoms with Gasteiger partial charge in [0.15, 0.2) is 0 Å². The molecule has 3 aromatic carbocycles. The van der Waals surface area contributed by atoms with Gasteiger partial charge in [-0.1, -0.05) is 78.3 Å². The smallest absolute Gasteiger partial charge is 0.313 e. The fourth-order valence-corrected chi connectivity index (χ4v) is 2.94. The minimum Gasteiger partial charge on any atom is -0.337 e. The summed E-state index contributed by atoms with van der Waals surface area (Å²) in [5.74, 6) is -1.45.